The molecule has 0 bridgehead atoms. The fourth-order valence-corrected chi connectivity index (χ4v) is 3.34. The van der Waals surface area contributed by atoms with Gasteiger partial charge in [0.15, 0.2) is 11.5 Å². The minimum Gasteiger partial charge on any atom is -0.490 e. The number of rotatable bonds is 8. The Labute approximate surface area is 163 Å². The van der Waals surface area contributed by atoms with Crippen LogP contribution in [0.4, 0.5) is 0 Å². The monoisotopic (exact) mass is 375 g/mol. The third-order valence-electron chi connectivity index (χ3n) is 4.82. The molecular weight excluding hydrogens is 346 g/mol. The molecule has 3 nitrogen and oxygen atoms in total. The maximum Gasteiger partial charge on any atom is 0.161 e. The molecule has 0 aromatic heterocycles. The summed E-state index contributed by atoms with van der Waals surface area (Å²) in [4.78, 5) is 0. The molecular formula is C22H30ClNO2. The zero-order chi connectivity index (χ0) is 17.5. The first-order valence-corrected chi connectivity index (χ1v) is 9.47. The van der Waals surface area contributed by atoms with Gasteiger partial charge in [-0.2, -0.15) is 0 Å². The van der Waals surface area contributed by atoms with Crippen LogP contribution in [0.1, 0.15) is 56.7 Å². The molecule has 2 aromatic carbocycles. The van der Waals surface area contributed by atoms with Gasteiger partial charge in [-0.3, -0.25) is 0 Å². The van der Waals surface area contributed by atoms with E-state index in [9.17, 15) is 0 Å². The molecule has 0 heterocycles. The van der Waals surface area contributed by atoms with Gasteiger partial charge in [-0.15, -0.1) is 12.4 Å². The van der Waals surface area contributed by atoms with Crippen molar-refractivity contribution in [2.75, 3.05) is 6.61 Å². The Balaban J connectivity index is 0.00000243. The Morgan fingerprint density at radius 1 is 1.04 bits per heavy atom. The van der Waals surface area contributed by atoms with Crippen molar-refractivity contribution in [2.24, 2.45) is 0 Å². The van der Waals surface area contributed by atoms with Crippen molar-refractivity contribution in [1.29, 1.82) is 0 Å². The van der Waals surface area contributed by atoms with Crippen molar-refractivity contribution in [3.63, 3.8) is 0 Å². The molecule has 1 unspecified atom stereocenters. The summed E-state index contributed by atoms with van der Waals surface area (Å²) < 4.78 is 12.0. The van der Waals surface area contributed by atoms with E-state index in [4.69, 9.17) is 9.47 Å². The average Bonchev–Trinajstić information content (AvgIpc) is 3.15. The SMILES string of the molecule is CCOc1cc(CNC(C)c2ccccc2)ccc1OC1CCCC1.Cl. The van der Waals surface area contributed by atoms with Gasteiger partial charge in [0.25, 0.3) is 0 Å². The Kier molecular flexibility index (Phi) is 8.27. The van der Waals surface area contributed by atoms with Gasteiger partial charge in [0, 0.05) is 12.6 Å². The lowest BCUT2D eigenvalue weighted by molar-refractivity contribution is 0.196. The van der Waals surface area contributed by atoms with Crippen molar-refractivity contribution in [3.05, 3.63) is 59.7 Å². The molecule has 2 aromatic rings. The van der Waals surface area contributed by atoms with E-state index in [-0.39, 0.29) is 12.4 Å². The second-order valence-electron chi connectivity index (χ2n) is 6.75. The van der Waals surface area contributed by atoms with E-state index in [0.717, 1.165) is 30.9 Å². The first kappa shape index (κ1) is 20.6. The topological polar surface area (TPSA) is 30.5 Å². The summed E-state index contributed by atoms with van der Waals surface area (Å²) >= 11 is 0. The van der Waals surface area contributed by atoms with Crippen LogP contribution in [0, 0.1) is 0 Å². The van der Waals surface area contributed by atoms with Gasteiger partial charge in [-0.1, -0.05) is 36.4 Å². The van der Waals surface area contributed by atoms with Crippen LogP contribution < -0.4 is 14.8 Å². The van der Waals surface area contributed by atoms with Crippen LogP contribution in [0.15, 0.2) is 48.5 Å². The summed E-state index contributed by atoms with van der Waals surface area (Å²) in [5.41, 5.74) is 2.51. The predicted molar refractivity (Wildman–Crippen MR) is 109 cm³/mol. The number of nitrogens with one attached hydrogen (secondary N) is 1. The lowest BCUT2D eigenvalue weighted by atomic mass is 10.1. The van der Waals surface area contributed by atoms with E-state index in [0.29, 0.717) is 18.8 Å². The zero-order valence-corrected chi connectivity index (χ0v) is 16.6. The minimum absolute atomic E-state index is 0. The molecule has 142 valence electrons. The second-order valence-corrected chi connectivity index (χ2v) is 6.75. The van der Waals surface area contributed by atoms with Gasteiger partial charge >= 0.3 is 0 Å². The van der Waals surface area contributed by atoms with Crippen molar-refractivity contribution in [2.45, 2.75) is 58.2 Å². The van der Waals surface area contributed by atoms with E-state index in [1.807, 2.05) is 13.0 Å². The van der Waals surface area contributed by atoms with Crippen LogP contribution >= 0.6 is 12.4 Å². The normalized spacial score (nSPS) is 15.3. The van der Waals surface area contributed by atoms with Crippen molar-refractivity contribution in [1.82, 2.24) is 5.32 Å². The first-order chi connectivity index (χ1) is 12.3. The Bertz CT molecular complexity index is 656. The predicted octanol–water partition coefficient (Wildman–Crippen LogP) is 5.68. The molecule has 0 spiro atoms. The molecule has 0 amide bonds. The van der Waals surface area contributed by atoms with Gasteiger partial charge in [-0.05, 0) is 62.8 Å². The number of ether oxygens (including phenoxy) is 2. The zero-order valence-electron chi connectivity index (χ0n) is 15.7. The first-order valence-electron chi connectivity index (χ1n) is 9.47. The van der Waals surface area contributed by atoms with Gasteiger partial charge in [0.05, 0.1) is 12.7 Å². The van der Waals surface area contributed by atoms with Gasteiger partial charge in [0.2, 0.25) is 0 Å². The fraction of sp³-hybridized carbons (Fsp3) is 0.455. The molecule has 1 saturated carbocycles. The Hall–Kier alpha value is -1.71. The van der Waals surface area contributed by atoms with E-state index in [1.54, 1.807) is 0 Å². The van der Waals surface area contributed by atoms with Crippen molar-refractivity contribution in [3.8, 4) is 11.5 Å². The highest BCUT2D eigenvalue weighted by atomic mass is 35.5. The molecule has 0 saturated heterocycles. The number of hydrogen-bond acceptors (Lipinski definition) is 3. The molecule has 3 rings (SSSR count). The summed E-state index contributed by atoms with van der Waals surface area (Å²) in [7, 11) is 0. The summed E-state index contributed by atoms with van der Waals surface area (Å²) in [6.07, 6.45) is 5.20. The summed E-state index contributed by atoms with van der Waals surface area (Å²) in [5.74, 6) is 1.75. The highest BCUT2D eigenvalue weighted by molar-refractivity contribution is 5.85. The molecule has 4 heteroatoms. The standard InChI is InChI=1S/C22H29NO2.ClH/c1-3-24-22-15-18(13-14-21(22)25-20-11-7-8-12-20)16-23-17(2)19-9-5-4-6-10-19;/h4-6,9-10,13-15,17,20,23H,3,7-8,11-12,16H2,1-2H3;1H. The van der Waals surface area contributed by atoms with Crippen LogP contribution in [-0.4, -0.2) is 12.7 Å². The smallest absolute Gasteiger partial charge is 0.161 e. The van der Waals surface area contributed by atoms with E-state index in [2.05, 4.69) is 54.7 Å². The Morgan fingerprint density at radius 2 is 1.77 bits per heavy atom. The van der Waals surface area contributed by atoms with Gasteiger partial charge in [0.1, 0.15) is 0 Å². The lowest BCUT2D eigenvalue weighted by Gasteiger charge is -2.18. The Morgan fingerprint density at radius 3 is 2.46 bits per heavy atom. The molecule has 26 heavy (non-hydrogen) atoms. The number of halogens is 1. The van der Waals surface area contributed by atoms with Crippen molar-refractivity contribution >= 4 is 12.4 Å². The summed E-state index contributed by atoms with van der Waals surface area (Å²) in [6, 6.07) is 17.1. The average molecular weight is 376 g/mol. The highest BCUT2D eigenvalue weighted by Gasteiger charge is 2.18. The highest BCUT2D eigenvalue weighted by Crippen LogP contribution is 2.32. The van der Waals surface area contributed by atoms with Crippen LogP contribution in [0.5, 0.6) is 11.5 Å². The van der Waals surface area contributed by atoms with Crippen LogP contribution in [-0.2, 0) is 6.54 Å². The summed E-state index contributed by atoms with van der Waals surface area (Å²) in [5, 5.41) is 3.58. The maximum absolute atomic E-state index is 6.16. The largest absolute Gasteiger partial charge is 0.490 e. The molecule has 0 aliphatic heterocycles. The molecule has 1 fully saturated rings. The minimum atomic E-state index is 0. The van der Waals surface area contributed by atoms with Crippen LogP contribution in [0.25, 0.3) is 0 Å². The van der Waals surface area contributed by atoms with Crippen LogP contribution in [0.2, 0.25) is 0 Å². The molecule has 1 atom stereocenters. The number of benzene rings is 2. The molecule has 1 N–H and O–H groups in total. The fourth-order valence-electron chi connectivity index (χ4n) is 3.34. The summed E-state index contributed by atoms with van der Waals surface area (Å²) in [6.45, 7) is 5.66. The number of hydrogen-bond donors (Lipinski definition) is 1. The van der Waals surface area contributed by atoms with Crippen LogP contribution in [0.3, 0.4) is 0 Å². The second kappa shape index (κ2) is 10.4. The van der Waals surface area contributed by atoms with Gasteiger partial charge < -0.3 is 14.8 Å². The van der Waals surface area contributed by atoms with E-state index in [1.165, 1.54) is 24.0 Å². The van der Waals surface area contributed by atoms with Gasteiger partial charge in [-0.25, -0.2) is 0 Å². The maximum atomic E-state index is 6.16. The van der Waals surface area contributed by atoms with E-state index < -0.39 is 0 Å². The van der Waals surface area contributed by atoms with Crippen molar-refractivity contribution < 1.29 is 9.47 Å². The lowest BCUT2D eigenvalue weighted by Crippen LogP contribution is -2.18. The molecule has 1 aliphatic carbocycles. The molecule has 0 radical (unpaired) electrons. The third kappa shape index (κ3) is 5.65. The molecule has 1 aliphatic rings. The quantitative estimate of drug-likeness (QED) is 0.643. The van der Waals surface area contributed by atoms with E-state index >= 15 is 0 Å². The third-order valence-corrected chi connectivity index (χ3v) is 4.82.